The average molecular weight is 234 g/mol. The summed E-state index contributed by atoms with van der Waals surface area (Å²) in [6, 6.07) is 7.76. The molecule has 0 aliphatic rings. The Morgan fingerprint density at radius 3 is 2.50 bits per heavy atom. The minimum Gasteiger partial charge on any atom is -0.333 e. The van der Waals surface area contributed by atoms with E-state index in [1.807, 2.05) is 6.07 Å². The molecule has 2 N–H and O–H groups in total. The third-order valence-corrected chi connectivity index (χ3v) is 4.59. The Morgan fingerprint density at radius 1 is 1.36 bits per heavy atom. The molecule has 0 unspecified atom stereocenters. The second-order valence-corrected chi connectivity index (χ2v) is 9.27. The normalized spacial score (nSPS) is 10.9. The van der Waals surface area contributed by atoms with Gasteiger partial charge in [0.15, 0.2) is 0 Å². The molecule has 0 spiro atoms. The zero-order valence-electron chi connectivity index (χ0n) is 8.59. The molecule has 0 aliphatic carbocycles. The van der Waals surface area contributed by atoms with Gasteiger partial charge in [-0.2, -0.15) is 0 Å². The topological polar surface area (TPSA) is 26.0 Å². The minimum atomic E-state index is -1.33. The largest absolute Gasteiger partial charge is 0.333 e. The van der Waals surface area contributed by atoms with Crippen molar-refractivity contribution < 1.29 is 4.39 Å². The fourth-order valence-electron chi connectivity index (χ4n) is 1.27. The monoisotopic (exact) mass is 233 g/mol. The van der Waals surface area contributed by atoms with Gasteiger partial charge in [-0.3, -0.25) is 0 Å². The maximum atomic E-state index is 12.8. The van der Waals surface area contributed by atoms with E-state index < -0.39 is 8.07 Å². The molecular formula is C10H17ClFNSi. The fourth-order valence-corrected chi connectivity index (χ4v) is 2.74. The molecule has 1 nitrogen and oxygen atoms in total. The third kappa shape index (κ3) is 4.22. The van der Waals surface area contributed by atoms with Crippen LogP contribution in [0.5, 0.6) is 0 Å². The second kappa shape index (κ2) is 5.49. The second-order valence-electron chi connectivity index (χ2n) is 4.18. The lowest BCUT2D eigenvalue weighted by Gasteiger charge is -2.19. The van der Waals surface area contributed by atoms with E-state index in [1.54, 1.807) is 12.1 Å². The molecule has 0 aliphatic heterocycles. The van der Waals surface area contributed by atoms with Crippen LogP contribution in [0.3, 0.4) is 0 Å². The summed E-state index contributed by atoms with van der Waals surface area (Å²) in [5.41, 5.74) is 6.73. The van der Waals surface area contributed by atoms with Crippen LogP contribution in [0.25, 0.3) is 0 Å². The number of benzene rings is 1. The molecule has 80 valence electrons. The molecule has 14 heavy (non-hydrogen) atoms. The Labute approximate surface area is 91.9 Å². The van der Waals surface area contributed by atoms with Crippen molar-refractivity contribution in [2.24, 2.45) is 5.73 Å². The van der Waals surface area contributed by atoms with Crippen molar-refractivity contribution in [2.75, 3.05) is 6.17 Å². The first kappa shape index (κ1) is 13.6. The molecule has 4 heteroatoms. The van der Waals surface area contributed by atoms with E-state index in [2.05, 4.69) is 13.1 Å². The highest BCUT2D eigenvalue weighted by Crippen LogP contribution is 2.11. The van der Waals surface area contributed by atoms with Gasteiger partial charge in [0, 0.05) is 0 Å². The quantitative estimate of drug-likeness (QED) is 0.798. The van der Waals surface area contributed by atoms with Crippen LogP contribution >= 0.6 is 12.4 Å². The standard InChI is InChI=1S/C10H16FNSi.ClH/c1-13(2,8-12)7-9-4-3-5-10(11)6-9;/h3-6H,7-8,12H2,1-2H3;1H. The van der Waals surface area contributed by atoms with Gasteiger partial charge >= 0.3 is 0 Å². The number of hydrogen-bond donors (Lipinski definition) is 1. The summed E-state index contributed by atoms with van der Waals surface area (Å²) in [5.74, 6) is -0.153. The number of hydrogen-bond acceptors (Lipinski definition) is 1. The molecule has 1 aromatic rings. The molecule has 0 aromatic heterocycles. The Bertz CT molecular complexity index is 291. The predicted octanol–water partition coefficient (Wildman–Crippen LogP) is 2.54. The van der Waals surface area contributed by atoms with E-state index in [1.165, 1.54) is 6.07 Å². The highest BCUT2D eigenvalue weighted by molar-refractivity contribution is 6.77. The van der Waals surface area contributed by atoms with E-state index in [4.69, 9.17) is 5.73 Å². The summed E-state index contributed by atoms with van der Waals surface area (Å²) in [4.78, 5) is 0. The van der Waals surface area contributed by atoms with Crippen LogP contribution in [0.4, 0.5) is 4.39 Å². The molecule has 0 atom stereocenters. The Morgan fingerprint density at radius 2 is 2.00 bits per heavy atom. The molecule has 0 saturated heterocycles. The van der Waals surface area contributed by atoms with Crippen molar-refractivity contribution in [3.05, 3.63) is 35.6 Å². The molecular weight excluding hydrogens is 217 g/mol. The SMILES string of the molecule is C[Si](C)(CN)Cc1cccc(F)c1.Cl. The molecule has 0 heterocycles. The summed E-state index contributed by atoms with van der Waals surface area (Å²) >= 11 is 0. The average Bonchev–Trinajstić information content (AvgIpc) is 2.03. The van der Waals surface area contributed by atoms with Gasteiger partial charge in [-0.05, 0) is 29.9 Å². The van der Waals surface area contributed by atoms with Gasteiger partial charge < -0.3 is 5.73 Å². The highest BCUT2D eigenvalue weighted by atomic mass is 35.5. The van der Waals surface area contributed by atoms with E-state index >= 15 is 0 Å². The lowest BCUT2D eigenvalue weighted by molar-refractivity contribution is 0.626. The maximum absolute atomic E-state index is 12.8. The van der Waals surface area contributed by atoms with Crippen molar-refractivity contribution in [2.45, 2.75) is 19.1 Å². The van der Waals surface area contributed by atoms with Gasteiger partial charge in [0.2, 0.25) is 0 Å². The van der Waals surface area contributed by atoms with Crippen molar-refractivity contribution in [3.8, 4) is 0 Å². The van der Waals surface area contributed by atoms with Gasteiger partial charge in [-0.15, -0.1) is 12.4 Å². The minimum absolute atomic E-state index is 0. The van der Waals surface area contributed by atoms with Gasteiger partial charge in [-0.25, -0.2) is 4.39 Å². The summed E-state index contributed by atoms with van der Waals surface area (Å²) in [6.07, 6.45) is 0.753. The number of nitrogens with two attached hydrogens (primary N) is 1. The summed E-state index contributed by atoms with van der Waals surface area (Å²) in [7, 11) is -1.33. The van der Waals surface area contributed by atoms with Gasteiger partial charge in [0.25, 0.3) is 0 Å². The molecule has 0 amide bonds. The first-order valence-electron chi connectivity index (χ1n) is 4.48. The van der Waals surface area contributed by atoms with Crippen LogP contribution in [0.1, 0.15) is 5.56 Å². The van der Waals surface area contributed by atoms with Crippen LogP contribution in [-0.2, 0) is 6.04 Å². The fraction of sp³-hybridized carbons (Fsp3) is 0.400. The first-order chi connectivity index (χ1) is 6.03. The van der Waals surface area contributed by atoms with Crippen LogP contribution < -0.4 is 5.73 Å². The smallest absolute Gasteiger partial charge is 0.123 e. The molecule has 0 fully saturated rings. The summed E-state index contributed by atoms with van der Waals surface area (Å²) in [5, 5.41) is 0. The van der Waals surface area contributed by atoms with Crippen LogP contribution in [0.2, 0.25) is 13.1 Å². The zero-order valence-corrected chi connectivity index (χ0v) is 10.4. The van der Waals surface area contributed by atoms with Crippen LogP contribution in [0.15, 0.2) is 24.3 Å². The van der Waals surface area contributed by atoms with Crippen molar-refractivity contribution in [1.29, 1.82) is 0 Å². The third-order valence-electron chi connectivity index (χ3n) is 2.12. The number of halogens is 2. The lowest BCUT2D eigenvalue weighted by atomic mass is 10.2. The van der Waals surface area contributed by atoms with Gasteiger partial charge in [-0.1, -0.05) is 25.2 Å². The first-order valence-corrected chi connectivity index (χ1v) is 7.89. The lowest BCUT2D eigenvalue weighted by Crippen LogP contribution is -2.39. The Kier molecular flexibility index (Phi) is 5.34. The molecule has 1 aromatic carbocycles. The molecule has 0 saturated carbocycles. The summed E-state index contributed by atoms with van der Waals surface area (Å²) in [6.45, 7) is 4.44. The predicted molar refractivity (Wildman–Crippen MR) is 63.9 cm³/mol. The summed E-state index contributed by atoms with van der Waals surface area (Å²) < 4.78 is 12.8. The van der Waals surface area contributed by atoms with E-state index in [9.17, 15) is 4.39 Å². The zero-order chi connectivity index (χ0) is 9.90. The molecule has 1 rings (SSSR count). The Hall–Kier alpha value is -0.383. The van der Waals surface area contributed by atoms with Crippen LogP contribution in [-0.4, -0.2) is 14.2 Å². The van der Waals surface area contributed by atoms with E-state index in [0.717, 1.165) is 17.8 Å². The maximum Gasteiger partial charge on any atom is 0.123 e. The molecule has 0 radical (unpaired) electrons. The van der Waals surface area contributed by atoms with Gasteiger partial charge in [0.05, 0.1) is 8.07 Å². The van der Waals surface area contributed by atoms with E-state index in [0.29, 0.717) is 0 Å². The highest BCUT2D eigenvalue weighted by Gasteiger charge is 2.18. The van der Waals surface area contributed by atoms with Crippen molar-refractivity contribution in [3.63, 3.8) is 0 Å². The van der Waals surface area contributed by atoms with E-state index in [-0.39, 0.29) is 18.2 Å². The van der Waals surface area contributed by atoms with Crippen LogP contribution in [0, 0.1) is 5.82 Å². The van der Waals surface area contributed by atoms with Crippen molar-refractivity contribution in [1.82, 2.24) is 0 Å². The Balaban J connectivity index is 0.00000169. The molecule has 0 bridgehead atoms. The van der Waals surface area contributed by atoms with Gasteiger partial charge in [0.1, 0.15) is 5.82 Å². The van der Waals surface area contributed by atoms with Crippen molar-refractivity contribution >= 4 is 20.5 Å². The number of rotatable bonds is 3.